The molecule has 1 unspecified atom stereocenters. The van der Waals surface area contributed by atoms with Gasteiger partial charge in [-0.15, -0.1) is 0 Å². The second-order valence-electron chi connectivity index (χ2n) is 10.2. The smallest absolute Gasteiger partial charge is 0.220 e. The van der Waals surface area contributed by atoms with Crippen LogP contribution in [0.4, 0.5) is 5.69 Å². The zero-order valence-electron chi connectivity index (χ0n) is 20.8. The third-order valence-corrected chi connectivity index (χ3v) is 7.74. The van der Waals surface area contributed by atoms with E-state index < -0.39 is 0 Å². The van der Waals surface area contributed by atoms with E-state index in [1.165, 1.54) is 18.4 Å². The van der Waals surface area contributed by atoms with Crippen LogP contribution in [0.3, 0.4) is 0 Å². The van der Waals surface area contributed by atoms with Gasteiger partial charge in [-0.05, 0) is 43.9 Å². The van der Waals surface area contributed by atoms with Crippen molar-refractivity contribution in [2.45, 2.75) is 45.1 Å². The van der Waals surface area contributed by atoms with Crippen LogP contribution in [0, 0.1) is 5.92 Å². The number of nitrogens with zero attached hydrogens (tertiary/aromatic N) is 5. The molecule has 36 heavy (non-hydrogen) atoms. The Bertz CT molecular complexity index is 1290. The van der Waals surface area contributed by atoms with Crippen molar-refractivity contribution < 1.29 is 14.3 Å². The average Bonchev–Trinajstić information content (AvgIpc) is 3.49. The molecule has 1 aliphatic carbocycles. The number of amides is 2. The molecule has 3 aromatic heterocycles. The monoisotopic (exact) mass is 488 g/mol. The normalized spacial score (nSPS) is 21.1. The van der Waals surface area contributed by atoms with Gasteiger partial charge in [-0.25, -0.2) is 4.52 Å². The number of piperazine rings is 1. The summed E-state index contributed by atoms with van der Waals surface area (Å²) < 4.78 is 8.44. The van der Waals surface area contributed by atoms with Crippen molar-refractivity contribution in [1.29, 1.82) is 0 Å². The summed E-state index contributed by atoms with van der Waals surface area (Å²) >= 11 is 0. The van der Waals surface area contributed by atoms with Crippen LogP contribution in [0.2, 0.25) is 0 Å². The first-order valence-electron chi connectivity index (χ1n) is 12.9. The van der Waals surface area contributed by atoms with Crippen molar-refractivity contribution >= 4 is 23.0 Å². The number of ether oxygens (including phenoxy) is 1. The summed E-state index contributed by atoms with van der Waals surface area (Å²) in [6, 6.07) is 6.19. The number of nitrogens with one attached hydrogen (secondary N) is 1. The molecule has 0 bridgehead atoms. The number of pyridine rings is 2. The van der Waals surface area contributed by atoms with Crippen LogP contribution in [0.15, 0.2) is 36.8 Å². The Balaban J connectivity index is 1.27. The number of fused-ring (bicyclic) bond motifs is 1. The van der Waals surface area contributed by atoms with Crippen LogP contribution in [-0.2, 0) is 9.59 Å². The van der Waals surface area contributed by atoms with Gasteiger partial charge in [-0.2, -0.15) is 5.10 Å². The molecule has 9 nitrogen and oxygen atoms in total. The molecule has 3 aliphatic rings. The summed E-state index contributed by atoms with van der Waals surface area (Å²) in [6.07, 6.45) is 8.65. The molecule has 3 fully saturated rings. The summed E-state index contributed by atoms with van der Waals surface area (Å²) in [6.45, 7) is 7.39. The van der Waals surface area contributed by atoms with Gasteiger partial charge < -0.3 is 19.9 Å². The number of aromatic nitrogens is 3. The molecule has 188 valence electrons. The van der Waals surface area contributed by atoms with Crippen molar-refractivity contribution in [3.05, 3.63) is 42.4 Å². The maximum atomic E-state index is 11.8. The fraction of sp³-hybridized carbons (Fsp3) is 0.481. The van der Waals surface area contributed by atoms with Gasteiger partial charge >= 0.3 is 0 Å². The highest BCUT2D eigenvalue weighted by Crippen LogP contribution is 2.44. The van der Waals surface area contributed by atoms with Gasteiger partial charge in [-0.3, -0.25) is 14.6 Å². The van der Waals surface area contributed by atoms with E-state index in [4.69, 9.17) is 9.72 Å². The SMILES string of the molecule is CC(=O)N1CCN(c2ccc(-c3cc(O[C@H](C)C4CNC(=O)C4)c4c(C5CC5)cnn4c3)nc2)CC1. The van der Waals surface area contributed by atoms with Gasteiger partial charge in [0.25, 0.3) is 0 Å². The molecule has 1 saturated carbocycles. The standard InChI is InChI=1S/C27H32N6O3/c1-17(20-12-26(35)29-13-20)36-25-11-21(16-33-27(25)23(15-30-33)19-3-4-19)24-6-5-22(14-28-24)32-9-7-31(8-10-32)18(2)34/h5-6,11,14-17,19-20H,3-4,7-10,12-13H2,1-2H3,(H,29,35)/t17-,20?/m1/s1. The molecule has 2 aliphatic heterocycles. The largest absolute Gasteiger partial charge is 0.488 e. The Morgan fingerprint density at radius 3 is 2.61 bits per heavy atom. The van der Waals surface area contributed by atoms with Gasteiger partial charge in [0, 0.05) is 69.3 Å². The van der Waals surface area contributed by atoms with E-state index in [1.54, 1.807) is 6.92 Å². The van der Waals surface area contributed by atoms with Crippen molar-refractivity contribution in [2.75, 3.05) is 37.6 Å². The molecule has 0 aromatic carbocycles. The maximum absolute atomic E-state index is 11.8. The number of hydrogen-bond acceptors (Lipinski definition) is 6. The minimum Gasteiger partial charge on any atom is -0.488 e. The predicted molar refractivity (Wildman–Crippen MR) is 136 cm³/mol. The Morgan fingerprint density at radius 1 is 1.17 bits per heavy atom. The third kappa shape index (κ3) is 4.38. The highest BCUT2D eigenvalue weighted by molar-refractivity contribution is 5.78. The molecule has 2 amide bonds. The average molecular weight is 489 g/mol. The summed E-state index contributed by atoms with van der Waals surface area (Å²) in [4.78, 5) is 32.3. The van der Waals surface area contributed by atoms with Crippen LogP contribution in [-0.4, -0.2) is 70.1 Å². The van der Waals surface area contributed by atoms with Gasteiger partial charge in [-0.1, -0.05) is 0 Å². The Hall–Kier alpha value is -3.62. The van der Waals surface area contributed by atoms with Crippen molar-refractivity contribution in [3.8, 4) is 17.0 Å². The predicted octanol–water partition coefficient (Wildman–Crippen LogP) is 2.85. The number of carbonyl (C=O) groups is 2. The summed E-state index contributed by atoms with van der Waals surface area (Å²) in [7, 11) is 0. The van der Waals surface area contributed by atoms with Crippen molar-refractivity contribution in [1.82, 2.24) is 24.8 Å². The van der Waals surface area contributed by atoms with Gasteiger partial charge in [0.15, 0.2) is 0 Å². The molecule has 1 N–H and O–H groups in total. The van der Waals surface area contributed by atoms with E-state index in [1.807, 2.05) is 41.0 Å². The molecule has 0 spiro atoms. The molecule has 0 radical (unpaired) electrons. The van der Waals surface area contributed by atoms with Crippen LogP contribution in [0.5, 0.6) is 5.75 Å². The number of rotatable bonds is 6. The van der Waals surface area contributed by atoms with Crippen LogP contribution in [0.25, 0.3) is 16.8 Å². The van der Waals surface area contributed by atoms with Gasteiger partial charge in [0.05, 0.1) is 23.8 Å². The fourth-order valence-corrected chi connectivity index (χ4v) is 5.31. The van der Waals surface area contributed by atoms with Crippen LogP contribution < -0.4 is 15.0 Å². The van der Waals surface area contributed by atoms with E-state index in [2.05, 4.69) is 27.4 Å². The first-order valence-corrected chi connectivity index (χ1v) is 12.9. The fourth-order valence-electron chi connectivity index (χ4n) is 5.31. The van der Waals surface area contributed by atoms with Gasteiger partial charge in [0.2, 0.25) is 11.8 Å². The quantitative estimate of drug-likeness (QED) is 0.574. The summed E-state index contributed by atoms with van der Waals surface area (Å²) in [5.41, 5.74) is 5.09. The zero-order chi connectivity index (χ0) is 24.8. The topological polar surface area (TPSA) is 92.1 Å². The van der Waals surface area contributed by atoms with E-state index in [0.29, 0.717) is 18.9 Å². The lowest BCUT2D eigenvalue weighted by molar-refractivity contribution is -0.129. The first kappa shape index (κ1) is 22.8. The maximum Gasteiger partial charge on any atom is 0.220 e. The van der Waals surface area contributed by atoms with Crippen molar-refractivity contribution in [2.24, 2.45) is 5.92 Å². The minimum atomic E-state index is -0.103. The second kappa shape index (κ2) is 9.11. The molecule has 5 heterocycles. The second-order valence-corrected chi connectivity index (χ2v) is 10.2. The van der Waals surface area contributed by atoms with E-state index in [9.17, 15) is 9.59 Å². The van der Waals surface area contributed by atoms with Gasteiger partial charge in [0.1, 0.15) is 17.4 Å². The first-order chi connectivity index (χ1) is 17.5. The lowest BCUT2D eigenvalue weighted by Crippen LogP contribution is -2.48. The van der Waals surface area contributed by atoms with Crippen molar-refractivity contribution in [3.63, 3.8) is 0 Å². The Labute approximate surface area is 210 Å². The Kier molecular flexibility index (Phi) is 5.78. The van der Waals surface area contributed by atoms with E-state index in [0.717, 1.165) is 54.4 Å². The number of hydrogen-bond donors (Lipinski definition) is 1. The molecular formula is C27H32N6O3. The molecule has 9 heteroatoms. The van der Waals surface area contributed by atoms with E-state index in [-0.39, 0.29) is 23.8 Å². The highest BCUT2D eigenvalue weighted by atomic mass is 16.5. The third-order valence-electron chi connectivity index (χ3n) is 7.74. The zero-order valence-corrected chi connectivity index (χ0v) is 20.8. The molecule has 6 rings (SSSR count). The minimum absolute atomic E-state index is 0.0874. The molecule has 3 aromatic rings. The number of carbonyl (C=O) groups excluding carboxylic acids is 2. The molecule has 2 saturated heterocycles. The molecular weight excluding hydrogens is 456 g/mol. The Morgan fingerprint density at radius 2 is 1.97 bits per heavy atom. The van der Waals surface area contributed by atoms with Crippen LogP contribution >= 0.6 is 0 Å². The van der Waals surface area contributed by atoms with Crippen LogP contribution in [0.1, 0.15) is 44.6 Å². The highest BCUT2D eigenvalue weighted by Gasteiger charge is 2.31. The summed E-state index contributed by atoms with van der Waals surface area (Å²) in [5.74, 6) is 1.70. The lowest BCUT2D eigenvalue weighted by atomic mass is 10.0. The van der Waals surface area contributed by atoms with E-state index >= 15 is 0 Å². The lowest BCUT2D eigenvalue weighted by Gasteiger charge is -2.35. The molecule has 2 atom stereocenters. The summed E-state index contributed by atoms with van der Waals surface area (Å²) in [5, 5.41) is 7.57. The number of anilines is 1.